The quantitative estimate of drug-likeness (QED) is 0.825. The van der Waals surface area contributed by atoms with Gasteiger partial charge in [0.1, 0.15) is 6.61 Å². The highest BCUT2D eigenvalue weighted by atomic mass is 16.5. The van der Waals surface area contributed by atoms with Gasteiger partial charge < -0.3 is 10.1 Å². The largest absolute Gasteiger partial charge is 0.488 e. The van der Waals surface area contributed by atoms with Crippen LogP contribution in [-0.2, 0) is 0 Å². The van der Waals surface area contributed by atoms with Gasteiger partial charge in [-0.1, -0.05) is 12.8 Å². The average molecular weight is 247 g/mol. The lowest BCUT2D eigenvalue weighted by atomic mass is 10.2. The molecule has 0 unspecified atom stereocenters. The Bertz CT molecular complexity index is 444. The summed E-state index contributed by atoms with van der Waals surface area (Å²) in [6.45, 7) is 1.08. The van der Waals surface area contributed by atoms with Crippen LogP contribution in [0.4, 0.5) is 10.6 Å². The summed E-state index contributed by atoms with van der Waals surface area (Å²) in [6.07, 6.45) is 6.28. The molecule has 18 heavy (non-hydrogen) atoms. The fourth-order valence-corrected chi connectivity index (χ4v) is 2.57. The van der Waals surface area contributed by atoms with E-state index in [9.17, 15) is 4.79 Å². The highest BCUT2D eigenvalue weighted by molar-refractivity contribution is 5.92. The van der Waals surface area contributed by atoms with E-state index in [-0.39, 0.29) is 6.03 Å². The van der Waals surface area contributed by atoms with Crippen molar-refractivity contribution in [3.05, 3.63) is 18.3 Å². The minimum Gasteiger partial charge on any atom is -0.488 e. The van der Waals surface area contributed by atoms with Crippen molar-refractivity contribution >= 4 is 11.8 Å². The normalized spacial score (nSPS) is 19.2. The van der Waals surface area contributed by atoms with Crippen molar-refractivity contribution in [2.45, 2.75) is 31.7 Å². The lowest BCUT2D eigenvalue weighted by Crippen LogP contribution is -2.47. The number of hydrogen-bond acceptors (Lipinski definition) is 3. The Morgan fingerprint density at radius 2 is 2.28 bits per heavy atom. The molecule has 1 aromatic rings. The second-order valence-corrected chi connectivity index (χ2v) is 4.76. The highest BCUT2D eigenvalue weighted by Gasteiger charge is 2.27. The number of aromatic nitrogens is 1. The molecule has 0 atom stereocenters. The molecule has 2 aliphatic rings. The van der Waals surface area contributed by atoms with Gasteiger partial charge in [-0.05, 0) is 25.0 Å². The summed E-state index contributed by atoms with van der Waals surface area (Å²) in [5, 5.41) is 3.08. The molecule has 0 spiro atoms. The monoisotopic (exact) mass is 247 g/mol. The Labute approximate surface area is 106 Å². The van der Waals surface area contributed by atoms with Gasteiger partial charge >= 0.3 is 6.03 Å². The van der Waals surface area contributed by atoms with E-state index in [2.05, 4.69) is 10.3 Å². The topological polar surface area (TPSA) is 54.5 Å². The third-order valence-electron chi connectivity index (χ3n) is 3.51. The van der Waals surface area contributed by atoms with Gasteiger partial charge in [0.2, 0.25) is 0 Å². The first kappa shape index (κ1) is 11.3. The van der Waals surface area contributed by atoms with Crippen LogP contribution in [0.2, 0.25) is 0 Å². The molecule has 0 aromatic carbocycles. The maximum absolute atomic E-state index is 12.2. The van der Waals surface area contributed by atoms with Crippen molar-refractivity contribution in [3.63, 3.8) is 0 Å². The fourth-order valence-electron chi connectivity index (χ4n) is 2.57. The molecule has 0 radical (unpaired) electrons. The molecule has 2 amide bonds. The van der Waals surface area contributed by atoms with Crippen LogP contribution in [0.3, 0.4) is 0 Å². The standard InChI is InChI=1S/C13H17N3O2/c17-13(15-10-4-1-2-5-10)16-8-9-18-11-6-3-7-14-12(11)16/h3,6-7,10H,1-2,4-5,8-9H2,(H,15,17). The van der Waals surface area contributed by atoms with Crippen LogP contribution in [0, 0.1) is 0 Å². The predicted molar refractivity (Wildman–Crippen MR) is 67.9 cm³/mol. The molecule has 1 aliphatic carbocycles. The van der Waals surface area contributed by atoms with E-state index in [1.807, 2.05) is 12.1 Å². The van der Waals surface area contributed by atoms with Crippen molar-refractivity contribution in [2.75, 3.05) is 18.1 Å². The Hall–Kier alpha value is -1.78. The number of urea groups is 1. The lowest BCUT2D eigenvalue weighted by Gasteiger charge is -2.29. The molecule has 3 rings (SSSR count). The zero-order valence-corrected chi connectivity index (χ0v) is 10.3. The van der Waals surface area contributed by atoms with Crippen molar-refractivity contribution in [1.82, 2.24) is 10.3 Å². The number of pyridine rings is 1. The van der Waals surface area contributed by atoms with E-state index in [0.717, 1.165) is 12.8 Å². The summed E-state index contributed by atoms with van der Waals surface area (Å²) < 4.78 is 5.49. The number of rotatable bonds is 1. The smallest absolute Gasteiger partial charge is 0.323 e. The maximum Gasteiger partial charge on any atom is 0.323 e. The number of hydrogen-bond donors (Lipinski definition) is 1. The first-order valence-corrected chi connectivity index (χ1v) is 6.50. The molecule has 1 fully saturated rings. The van der Waals surface area contributed by atoms with Crippen LogP contribution in [0.25, 0.3) is 0 Å². The van der Waals surface area contributed by atoms with Gasteiger partial charge in [0, 0.05) is 12.2 Å². The van der Waals surface area contributed by atoms with Crippen LogP contribution in [0.5, 0.6) is 5.75 Å². The average Bonchev–Trinajstić information content (AvgIpc) is 2.91. The first-order valence-electron chi connectivity index (χ1n) is 6.50. The van der Waals surface area contributed by atoms with Gasteiger partial charge in [-0.25, -0.2) is 9.78 Å². The van der Waals surface area contributed by atoms with E-state index >= 15 is 0 Å². The van der Waals surface area contributed by atoms with Crippen LogP contribution in [-0.4, -0.2) is 30.2 Å². The number of ether oxygens (including phenoxy) is 1. The summed E-state index contributed by atoms with van der Waals surface area (Å²) in [6, 6.07) is 3.94. The molecule has 1 N–H and O–H groups in total. The Balaban J connectivity index is 1.74. The Morgan fingerprint density at radius 3 is 3.11 bits per heavy atom. The second-order valence-electron chi connectivity index (χ2n) is 4.76. The number of anilines is 1. The maximum atomic E-state index is 12.2. The SMILES string of the molecule is O=C(NC1CCCC1)N1CCOc2cccnc21. The lowest BCUT2D eigenvalue weighted by molar-refractivity contribution is 0.236. The number of carbonyl (C=O) groups excluding carboxylic acids is 1. The van der Waals surface area contributed by atoms with Crippen molar-refractivity contribution in [3.8, 4) is 5.75 Å². The summed E-state index contributed by atoms with van der Waals surface area (Å²) in [7, 11) is 0. The van der Waals surface area contributed by atoms with Gasteiger partial charge in [-0.3, -0.25) is 4.90 Å². The molecule has 5 nitrogen and oxygen atoms in total. The van der Waals surface area contributed by atoms with E-state index in [1.54, 1.807) is 11.1 Å². The van der Waals surface area contributed by atoms with Crippen molar-refractivity contribution in [2.24, 2.45) is 0 Å². The minimum atomic E-state index is -0.0508. The van der Waals surface area contributed by atoms with Crippen LogP contribution >= 0.6 is 0 Å². The number of fused-ring (bicyclic) bond motifs is 1. The number of amides is 2. The van der Waals surface area contributed by atoms with Crippen LogP contribution in [0.1, 0.15) is 25.7 Å². The molecule has 5 heteroatoms. The van der Waals surface area contributed by atoms with Crippen molar-refractivity contribution in [1.29, 1.82) is 0 Å². The Kier molecular flexibility index (Phi) is 3.04. The summed E-state index contributed by atoms with van der Waals surface area (Å²) >= 11 is 0. The van der Waals surface area contributed by atoms with Gasteiger partial charge in [-0.2, -0.15) is 0 Å². The molecular formula is C13H17N3O2. The molecule has 1 saturated carbocycles. The van der Waals surface area contributed by atoms with Gasteiger partial charge in [0.05, 0.1) is 6.54 Å². The van der Waals surface area contributed by atoms with E-state index in [4.69, 9.17) is 4.74 Å². The third-order valence-corrected chi connectivity index (χ3v) is 3.51. The zero-order valence-electron chi connectivity index (χ0n) is 10.3. The first-order chi connectivity index (χ1) is 8.84. The van der Waals surface area contributed by atoms with Gasteiger partial charge in [0.15, 0.2) is 11.6 Å². The molecule has 1 aromatic heterocycles. The minimum absolute atomic E-state index is 0.0508. The van der Waals surface area contributed by atoms with Gasteiger partial charge in [0.25, 0.3) is 0 Å². The molecule has 0 saturated heterocycles. The van der Waals surface area contributed by atoms with Crippen molar-refractivity contribution < 1.29 is 9.53 Å². The number of nitrogens with one attached hydrogen (secondary N) is 1. The van der Waals surface area contributed by atoms with Gasteiger partial charge in [-0.15, -0.1) is 0 Å². The van der Waals surface area contributed by atoms with E-state index in [0.29, 0.717) is 30.8 Å². The summed E-state index contributed by atoms with van der Waals surface area (Å²) in [4.78, 5) is 18.2. The number of nitrogens with zero attached hydrogens (tertiary/aromatic N) is 2. The highest BCUT2D eigenvalue weighted by Crippen LogP contribution is 2.28. The van der Waals surface area contributed by atoms with E-state index in [1.165, 1.54) is 12.8 Å². The molecule has 2 heterocycles. The van der Waals surface area contributed by atoms with Crippen LogP contribution < -0.4 is 15.0 Å². The molecular weight excluding hydrogens is 230 g/mol. The summed E-state index contributed by atoms with van der Waals surface area (Å²) in [5.41, 5.74) is 0. The molecule has 1 aliphatic heterocycles. The Morgan fingerprint density at radius 1 is 1.44 bits per heavy atom. The second kappa shape index (κ2) is 4.84. The molecule has 0 bridgehead atoms. The third kappa shape index (κ3) is 2.12. The zero-order chi connectivity index (χ0) is 12.4. The van der Waals surface area contributed by atoms with Crippen LogP contribution in [0.15, 0.2) is 18.3 Å². The summed E-state index contributed by atoms with van der Waals surface area (Å²) in [5.74, 6) is 1.31. The predicted octanol–water partition coefficient (Wildman–Crippen LogP) is 1.93. The fraction of sp³-hybridized carbons (Fsp3) is 0.538. The number of carbonyl (C=O) groups is 1. The molecule has 96 valence electrons. The van der Waals surface area contributed by atoms with E-state index < -0.39 is 0 Å².